The van der Waals surface area contributed by atoms with E-state index < -0.39 is 10.8 Å². The molecule has 1 amide bonds. The highest BCUT2D eigenvalue weighted by Crippen LogP contribution is 2.28. The highest BCUT2D eigenvalue weighted by molar-refractivity contribution is 6.33. The predicted octanol–water partition coefficient (Wildman–Crippen LogP) is 2.62. The Morgan fingerprint density at radius 1 is 1.25 bits per heavy atom. The van der Waals surface area contributed by atoms with Gasteiger partial charge in [-0.2, -0.15) is 0 Å². The number of aromatic nitrogens is 2. The van der Waals surface area contributed by atoms with E-state index in [0.29, 0.717) is 0 Å². The molecule has 126 valence electrons. The summed E-state index contributed by atoms with van der Waals surface area (Å²) in [7, 11) is 0. The van der Waals surface area contributed by atoms with Crippen LogP contribution in [0.2, 0.25) is 5.02 Å². The molecule has 2 rings (SSSR count). The topological polar surface area (TPSA) is 122 Å². The van der Waals surface area contributed by atoms with Crippen LogP contribution >= 0.6 is 11.6 Å². The number of carbonyl (C=O) groups excluding carboxylic acids is 1. The molecule has 0 atom stereocenters. The predicted molar refractivity (Wildman–Crippen MR) is 90.0 cm³/mol. The Balaban J connectivity index is 2.22. The van der Waals surface area contributed by atoms with Crippen molar-refractivity contribution < 1.29 is 9.72 Å². The summed E-state index contributed by atoms with van der Waals surface area (Å²) in [6.07, 6.45) is 1.15. The molecule has 0 saturated carbocycles. The van der Waals surface area contributed by atoms with Gasteiger partial charge in [0.05, 0.1) is 15.5 Å². The lowest BCUT2D eigenvalue weighted by molar-refractivity contribution is -0.383. The third-order valence-corrected chi connectivity index (χ3v) is 3.17. The molecular weight excluding hydrogens is 336 g/mol. The molecule has 0 aliphatic heterocycles. The molecule has 0 aliphatic rings. The van der Waals surface area contributed by atoms with E-state index in [1.807, 2.05) is 13.8 Å². The van der Waals surface area contributed by atoms with E-state index in [4.69, 9.17) is 11.6 Å². The first kappa shape index (κ1) is 17.4. The van der Waals surface area contributed by atoms with Gasteiger partial charge in [0.15, 0.2) is 0 Å². The zero-order chi connectivity index (χ0) is 17.7. The molecule has 10 heteroatoms. The lowest BCUT2D eigenvalue weighted by Crippen LogP contribution is -2.30. The molecular formula is C14H15ClN6O3. The Bertz CT molecular complexity index is 768. The van der Waals surface area contributed by atoms with Gasteiger partial charge in [-0.05, 0) is 26.0 Å². The van der Waals surface area contributed by atoms with E-state index >= 15 is 0 Å². The van der Waals surface area contributed by atoms with Crippen LogP contribution in [0.15, 0.2) is 30.6 Å². The van der Waals surface area contributed by atoms with Crippen LogP contribution in [-0.4, -0.2) is 26.8 Å². The fourth-order valence-corrected chi connectivity index (χ4v) is 2.07. The van der Waals surface area contributed by atoms with E-state index in [2.05, 4.69) is 26.1 Å². The molecule has 2 aromatic rings. The maximum atomic E-state index is 12.1. The highest BCUT2D eigenvalue weighted by atomic mass is 35.5. The average molecular weight is 351 g/mol. The number of halogens is 1. The van der Waals surface area contributed by atoms with Crippen LogP contribution in [0.1, 0.15) is 24.2 Å². The van der Waals surface area contributed by atoms with E-state index in [1.165, 1.54) is 6.07 Å². The Hall–Kier alpha value is -2.94. The van der Waals surface area contributed by atoms with Gasteiger partial charge >= 0.3 is 5.69 Å². The summed E-state index contributed by atoms with van der Waals surface area (Å²) in [5.74, 6) is -0.634. The van der Waals surface area contributed by atoms with Gasteiger partial charge < -0.3 is 5.32 Å². The molecule has 0 radical (unpaired) electrons. The number of amides is 1. The van der Waals surface area contributed by atoms with Crippen molar-refractivity contribution >= 4 is 34.8 Å². The number of carbonyl (C=O) groups is 1. The molecule has 9 nitrogen and oxygen atoms in total. The van der Waals surface area contributed by atoms with Gasteiger partial charge in [0.1, 0.15) is 6.33 Å². The number of nitrogens with zero attached hydrogens (tertiary/aromatic N) is 3. The van der Waals surface area contributed by atoms with Crippen molar-refractivity contribution in [1.82, 2.24) is 15.4 Å². The molecule has 0 aliphatic carbocycles. The maximum Gasteiger partial charge on any atom is 0.354 e. The summed E-state index contributed by atoms with van der Waals surface area (Å²) in [5.41, 5.74) is 4.63. The third-order valence-electron chi connectivity index (χ3n) is 2.84. The van der Waals surface area contributed by atoms with Crippen LogP contribution in [0.4, 0.5) is 17.3 Å². The van der Waals surface area contributed by atoms with Crippen molar-refractivity contribution in [3.05, 3.63) is 51.3 Å². The van der Waals surface area contributed by atoms with E-state index in [9.17, 15) is 14.9 Å². The number of rotatable bonds is 6. The van der Waals surface area contributed by atoms with Crippen molar-refractivity contribution in [2.45, 2.75) is 19.9 Å². The Kier molecular flexibility index (Phi) is 5.48. The zero-order valence-corrected chi connectivity index (χ0v) is 13.7. The van der Waals surface area contributed by atoms with Crippen LogP contribution < -0.4 is 16.2 Å². The molecule has 0 unspecified atom stereocenters. The van der Waals surface area contributed by atoms with Gasteiger partial charge in [-0.25, -0.2) is 9.97 Å². The van der Waals surface area contributed by atoms with E-state index in [0.717, 1.165) is 6.33 Å². The second-order valence-corrected chi connectivity index (χ2v) is 5.44. The first-order valence-electron chi connectivity index (χ1n) is 6.97. The number of anilines is 2. The van der Waals surface area contributed by atoms with Crippen molar-refractivity contribution in [3.63, 3.8) is 0 Å². The van der Waals surface area contributed by atoms with E-state index in [-0.39, 0.29) is 34.0 Å². The van der Waals surface area contributed by atoms with Gasteiger partial charge in [-0.15, -0.1) is 0 Å². The number of hydrogen-bond acceptors (Lipinski definition) is 7. The minimum atomic E-state index is -0.630. The normalized spacial score (nSPS) is 10.3. The smallest absolute Gasteiger partial charge is 0.354 e. The van der Waals surface area contributed by atoms with Crippen LogP contribution in [-0.2, 0) is 0 Å². The summed E-state index contributed by atoms with van der Waals surface area (Å²) in [5, 5.41) is 14.4. The first-order chi connectivity index (χ1) is 11.4. The summed E-state index contributed by atoms with van der Waals surface area (Å²) < 4.78 is 0. The van der Waals surface area contributed by atoms with Crippen LogP contribution in [0.5, 0.6) is 0 Å². The van der Waals surface area contributed by atoms with E-state index in [1.54, 1.807) is 18.2 Å². The molecule has 0 bridgehead atoms. The fourth-order valence-electron chi connectivity index (χ4n) is 1.85. The van der Waals surface area contributed by atoms with Gasteiger partial charge in [0, 0.05) is 6.04 Å². The van der Waals surface area contributed by atoms with Crippen LogP contribution in [0.25, 0.3) is 0 Å². The number of benzene rings is 1. The molecule has 1 aromatic heterocycles. The van der Waals surface area contributed by atoms with Crippen molar-refractivity contribution in [2.24, 2.45) is 0 Å². The minimum Gasteiger partial charge on any atom is -0.362 e. The Morgan fingerprint density at radius 3 is 2.54 bits per heavy atom. The summed E-state index contributed by atoms with van der Waals surface area (Å²) in [6.45, 7) is 3.64. The molecule has 24 heavy (non-hydrogen) atoms. The second kappa shape index (κ2) is 7.55. The quantitative estimate of drug-likeness (QED) is 0.540. The molecule has 1 aromatic carbocycles. The highest BCUT2D eigenvalue weighted by Gasteiger charge is 2.24. The Labute approximate surface area is 142 Å². The largest absolute Gasteiger partial charge is 0.362 e. The number of hydrogen-bond donors (Lipinski definition) is 3. The standard InChI is InChI=1S/C14H15ClN6O3/c1-8(2)18-12-11(21(23)24)13(17-7-16-12)19-20-14(22)9-5-3-4-6-10(9)15/h3-8H,1-2H3,(H,20,22)(H2,16,17,18,19). The van der Waals surface area contributed by atoms with Crippen LogP contribution in [0, 0.1) is 10.1 Å². The van der Waals surface area contributed by atoms with Crippen molar-refractivity contribution in [1.29, 1.82) is 0 Å². The molecule has 0 fully saturated rings. The number of hydrazine groups is 1. The number of nitrogens with one attached hydrogen (secondary N) is 3. The zero-order valence-electron chi connectivity index (χ0n) is 12.9. The molecule has 1 heterocycles. The molecule has 0 saturated heterocycles. The summed E-state index contributed by atoms with van der Waals surface area (Å²) in [4.78, 5) is 30.4. The lowest BCUT2D eigenvalue weighted by atomic mass is 10.2. The lowest BCUT2D eigenvalue weighted by Gasteiger charge is -2.12. The first-order valence-corrected chi connectivity index (χ1v) is 7.34. The second-order valence-electron chi connectivity index (χ2n) is 5.03. The average Bonchev–Trinajstić information content (AvgIpc) is 2.52. The molecule has 0 spiro atoms. The third kappa shape index (κ3) is 4.07. The summed E-state index contributed by atoms with van der Waals surface area (Å²) in [6, 6.07) is 6.36. The molecule has 3 N–H and O–H groups in total. The van der Waals surface area contributed by atoms with Gasteiger partial charge in [-0.3, -0.25) is 25.8 Å². The van der Waals surface area contributed by atoms with Gasteiger partial charge in [0.25, 0.3) is 5.91 Å². The monoisotopic (exact) mass is 350 g/mol. The Morgan fingerprint density at radius 2 is 1.92 bits per heavy atom. The minimum absolute atomic E-state index is 0.0551. The summed E-state index contributed by atoms with van der Waals surface area (Å²) >= 11 is 5.93. The van der Waals surface area contributed by atoms with Crippen molar-refractivity contribution in [3.8, 4) is 0 Å². The SMILES string of the molecule is CC(C)Nc1ncnc(NNC(=O)c2ccccc2Cl)c1[N+](=O)[O-]. The van der Waals surface area contributed by atoms with Crippen LogP contribution in [0.3, 0.4) is 0 Å². The van der Waals surface area contributed by atoms with Gasteiger partial charge in [-0.1, -0.05) is 23.7 Å². The maximum absolute atomic E-state index is 12.1. The van der Waals surface area contributed by atoms with Crippen molar-refractivity contribution in [2.75, 3.05) is 10.7 Å². The fraction of sp³-hybridized carbons (Fsp3) is 0.214. The van der Waals surface area contributed by atoms with Gasteiger partial charge in [0.2, 0.25) is 11.6 Å². The number of nitro groups is 1.